The van der Waals surface area contributed by atoms with Crippen LogP contribution in [-0.4, -0.2) is 68.2 Å². The van der Waals surface area contributed by atoms with Crippen LogP contribution in [0.4, 0.5) is 5.69 Å². The average Bonchev–Trinajstić information content (AvgIpc) is 3.37. The molecular formula is C29H29N5O4S. The highest BCUT2D eigenvalue weighted by molar-refractivity contribution is 7.90. The maximum atomic E-state index is 13.3. The Morgan fingerprint density at radius 1 is 1.10 bits per heavy atom. The van der Waals surface area contributed by atoms with E-state index in [1.807, 2.05) is 31.9 Å². The van der Waals surface area contributed by atoms with Crippen LogP contribution >= 0.6 is 0 Å². The number of nitriles is 1. The molecule has 2 amide bonds. The number of benzene rings is 2. The van der Waals surface area contributed by atoms with Crippen LogP contribution in [-0.2, 0) is 20.4 Å². The number of amides is 2. The molecule has 39 heavy (non-hydrogen) atoms. The minimum absolute atomic E-state index is 0.0405. The number of hydrogen-bond donors (Lipinski definition) is 2. The summed E-state index contributed by atoms with van der Waals surface area (Å²) in [4.78, 5) is 33.6. The van der Waals surface area contributed by atoms with E-state index in [4.69, 9.17) is 0 Å². The number of H-pyrrole nitrogens is 1. The van der Waals surface area contributed by atoms with E-state index in [9.17, 15) is 23.3 Å². The number of sulfone groups is 1. The number of fused-ring (bicyclic) bond motifs is 1. The van der Waals surface area contributed by atoms with Crippen molar-refractivity contribution in [3.8, 4) is 6.07 Å². The lowest BCUT2D eigenvalue weighted by molar-refractivity contribution is -0.110. The molecule has 0 unspecified atom stereocenters. The van der Waals surface area contributed by atoms with Gasteiger partial charge in [0.2, 0.25) is 0 Å². The van der Waals surface area contributed by atoms with Crippen molar-refractivity contribution in [2.45, 2.75) is 24.5 Å². The van der Waals surface area contributed by atoms with Gasteiger partial charge in [-0.05, 0) is 62.4 Å². The Morgan fingerprint density at radius 3 is 2.54 bits per heavy atom. The molecule has 2 aliphatic rings. The van der Waals surface area contributed by atoms with E-state index < -0.39 is 9.84 Å². The average molecular weight is 544 g/mol. The van der Waals surface area contributed by atoms with E-state index in [0.29, 0.717) is 52.3 Å². The van der Waals surface area contributed by atoms with E-state index in [0.717, 1.165) is 24.3 Å². The number of hydrogen-bond acceptors (Lipinski definition) is 6. The smallest absolute Gasteiger partial charge is 0.256 e. The number of aryl methyl sites for hydroxylation is 1. The van der Waals surface area contributed by atoms with Gasteiger partial charge in [0.05, 0.1) is 33.4 Å². The van der Waals surface area contributed by atoms with Gasteiger partial charge in [-0.25, -0.2) is 8.42 Å². The fourth-order valence-corrected chi connectivity index (χ4v) is 6.50. The minimum Gasteiger partial charge on any atom is -0.358 e. The molecule has 3 aromatic rings. The lowest BCUT2D eigenvalue weighted by atomic mass is 10.0. The third kappa shape index (κ3) is 4.99. The minimum atomic E-state index is -3.80. The third-order valence-corrected chi connectivity index (χ3v) is 9.05. The van der Waals surface area contributed by atoms with E-state index in [-0.39, 0.29) is 22.5 Å². The first-order chi connectivity index (χ1) is 18.6. The van der Waals surface area contributed by atoms with Gasteiger partial charge < -0.3 is 20.1 Å². The van der Waals surface area contributed by atoms with Crippen LogP contribution < -0.4 is 5.32 Å². The predicted octanol–water partition coefficient (Wildman–Crippen LogP) is 3.36. The SMILES string of the molecule is Cc1[nH]c(C=C2C(=O)Nc3ccc(S(=O)(=O)Cc4ccccc4C#N)cc32)c(C)c1C(=O)N1CCN(C)CC1. The second kappa shape index (κ2) is 10.2. The van der Waals surface area contributed by atoms with E-state index in [1.165, 1.54) is 12.1 Å². The molecule has 0 spiro atoms. The predicted molar refractivity (Wildman–Crippen MR) is 149 cm³/mol. The first kappa shape index (κ1) is 26.4. The summed E-state index contributed by atoms with van der Waals surface area (Å²) in [6.07, 6.45) is 1.67. The van der Waals surface area contributed by atoms with Crippen LogP contribution in [0.15, 0.2) is 47.4 Å². The van der Waals surface area contributed by atoms with Gasteiger partial charge in [0.15, 0.2) is 9.84 Å². The number of piperazine rings is 1. The van der Waals surface area contributed by atoms with Gasteiger partial charge in [-0.2, -0.15) is 5.26 Å². The Labute approximate surface area is 227 Å². The highest BCUT2D eigenvalue weighted by Gasteiger charge is 2.29. The summed E-state index contributed by atoms with van der Waals surface area (Å²) in [5, 5.41) is 12.1. The molecule has 10 heteroatoms. The van der Waals surface area contributed by atoms with Gasteiger partial charge >= 0.3 is 0 Å². The second-order valence-electron chi connectivity index (χ2n) is 10.0. The molecule has 0 bridgehead atoms. The van der Waals surface area contributed by atoms with Crippen LogP contribution in [0.2, 0.25) is 0 Å². The van der Waals surface area contributed by atoms with E-state index in [1.54, 1.807) is 36.4 Å². The number of likely N-dealkylation sites (N-methyl/N-ethyl adjacent to an activating group) is 1. The summed E-state index contributed by atoms with van der Waals surface area (Å²) < 4.78 is 26.6. The van der Waals surface area contributed by atoms with Crippen molar-refractivity contribution in [2.75, 3.05) is 38.5 Å². The Kier molecular flexibility index (Phi) is 6.89. The highest BCUT2D eigenvalue weighted by Crippen LogP contribution is 2.36. The number of rotatable bonds is 5. The van der Waals surface area contributed by atoms with Crippen molar-refractivity contribution < 1.29 is 18.0 Å². The molecule has 9 nitrogen and oxygen atoms in total. The number of carbonyl (C=O) groups is 2. The van der Waals surface area contributed by atoms with Crippen molar-refractivity contribution in [1.29, 1.82) is 5.26 Å². The molecule has 0 radical (unpaired) electrons. The first-order valence-electron chi connectivity index (χ1n) is 12.6. The topological polar surface area (TPSA) is 126 Å². The highest BCUT2D eigenvalue weighted by atomic mass is 32.2. The lowest BCUT2D eigenvalue weighted by Crippen LogP contribution is -2.47. The quantitative estimate of drug-likeness (QED) is 0.475. The van der Waals surface area contributed by atoms with Gasteiger partial charge in [0.1, 0.15) is 0 Å². The number of nitrogens with one attached hydrogen (secondary N) is 2. The van der Waals surface area contributed by atoms with Gasteiger partial charge in [-0.15, -0.1) is 0 Å². The molecule has 2 N–H and O–H groups in total. The largest absolute Gasteiger partial charge is 0.358 e. The van der Waals surface area contributed by atoms with Gasteiger partial charge in [0, 0.05) is 48.8 Å². The van der Waals surface area contributed by atoms with Crippen molar-refractivity contribution in [1.82, 2.24) is 14.8 Å². The summed E-state index contributed by atoms with van der Waals surface area (Å²) >= 11 is 0. The van der Waals surface area contributed by atoms with Crippen LogP contribution in [0.3, 0.4) is 0 Å². The molecule has 200 valence electrons. The van der Waals surface area contributed by atoms with Gasteiger partial charge in [-0.1, -0.05) is 18.2 Å². The molecule has 0 atom stereocenters. The van der Waals surface area contributed by atoms with Crippen molar-refractivity contribution in [2.24, 2.45) is 0 Å². The summed E-state index contributed by atoms with van der Waals surface area (Å²) in [5.74, 6) is -0.725. The zero-order valence-corrected chi connectivity index (χ0v) is 22.9. The van der Waals surface area contributed by atoms with E-state index in [2.05, 4.69) is 15.2 Å². The number of aromatic nitrogens is 1. The zero-order valence-electron chi connectivity index (χ0n) is 22.0. The summed E-state index contributed by atoms with van der Waals surface area (Å²) in [7, 11) is -1.77. The zero-order chi connectivity index (χ0) is 27.9. The summed E-state index contributed by atoms with van der Waals surface area (Å²) in [6, 6.07) is 13.2. The number of aromatic amines is 1. The molecule has 0 aliphatic carbocycles. The Balaban J connectivity index is 1.48. The molecular weight excluding hydrogens is 514 g/mol. The van der Waals surface area contributed by atoms with E-state index >= 15 is 0 Å². The van der Waals surface area contributed by atoms with Crippen molar-refractivity contribution in [3.05, 3.63) is 81.7 Å². The maximum absolute atomic E-state index is 13.3. The van der Waals surface area contributed by atoms with Gasteiger partial charge in [0.25, 0.3) is 11.8 Å². The molecule has 3 heterocycles. The van der Waals surface area contributed by atoms with Crippen LogP contribution in [0, 0.1) is 25.2 Å². The van der Waals surface area contributed by atoms with Crippen LogP contribution in [0.1, 0.15) is 44.0 Å². The molecule has 5 rings (SSSR count). The summed E-state index contributed by atoms with van der Waals surface area (Å²) in [6.45, 7) is 6.62. The van der Waals surface area contributed by atoms with Crippen LogP contribution in [0.25, 0.3) is 11.6 Å². The fourth-order valence-electron chi connectivity index (χ4n) is 5.10. The van der Waals surface area contributed by atoms with Crippen molar-refractivity contribution in [3.63, 3.8) is 0 Å². The molecule has 1 aromatic heterocycles. The van der Waals surface area contributed by atoms with Crippen molar-refractivity contribution >= 4 is 39.0 Å². The normalized spacial score (nSPS) is 16.7. The van der Waals surface area contributed by atoms with Crippen LogP contribution in [0.5, 0.6) is 0 Å². The third-order valence-electron chi connectivity index (χ3n) is 7.39. The molecule has 1 fully saturated rings. The number of anilines is 1. The molecule has 0 saturated carbocycles. The summed E-state index contributed by atoms with van der Waals surface area (Å²) in [5.41, 5.74) is 4.68. The molecule has 2 aromatic carbocycles. The number of carbonyl (C=O) groups excluding carboxylic acids is 2. The number of nitrogens with zero attached hydrogens (tertiary/aromatic N) is 3. The standard InChI is InChI=1S/C29H29N5O4S/c1-18-26(31-19(2)27(18)29(36)34-12-10-33(3)11-13-34)15-24-23-14-22(8-9-25(23)32-28(24)35)39(37,38)17-21-7-5-4-6-20(21)16-30/h4-9,14-15,31H,10-13,17H2,1-3H3,(H,32,35). The molecule has 1 saturated heterocycles. The first-order valence-corrected chi connectivity index (χ1v) is 14.3. The maximum Gasteiger partial charge on any atom is 0.256 e. The Hall–Kier alpha value is -4.20. The second-order valence-corrected chi connectivity index (χ2v) is 12.0. The Morgan fingerprint density at radius 2 is 1.82 bits per heavy atom. The molecule has 2 aliphatic heterocycles. The Bertz CT molecular complexity index is 1670. The van der Waals surface area contributed by atoms with Gasteiger partial charge in [-0.3, -0.25) is 9.59 Å². The fraction of sp³-hybridized carbons (Fsp3) is 0.276. The lowest BCUT2D eigenvalue weighted by Gasteiger charge is -2.32. The monoisotopic (exact) mass is 543 g/mol.